The number of nitriles is 1. The van der Waals surface area contributed by atoms with Gasteiger partial charge in [0.25, 0.3) is 0 Å². The van der Waals surface area contributed by atoms with Gasteiger partial charge in [0.2, 0.25) is 5.91 Å². The maximum absolute atomic E-state index is 11.7. The Kier molecular flexibility index (Phi) is 2.60. The van der Waals surface area contributed by atoms with Gasteiger partial charge in [0.05, 0.1) is 12.0 Å². The molecule has 0 spiro atoms. The molecule has 0 aliphatic carbocycles. The molecular formula is C10H16N2O. The van der Waals surface area contributed by atoms with Crippen LogP contribution in [0.3, 0.4) is 0 Å². The summed E-state index contributed by atoms with van der Waals surface area (Å²) in [6, 6.07) is 2.15. The van der Waals surface area contributed by atoms with E-state index in [4.69, 9.17) is 5.26 Å². The molecule has 1 rings (SSSR count). The minimum atomic E-state index is -0.213. The molecule has 72 valence electrons. The van der Waals surface area contributed by atoms with Gasteiger partial charge in [-0.15, -0.1) is 0 Å². The molecule has 3 heteroatoms. The van der Waals surface area contributed by atoms with Gasteiger partial charge >= 0.3 is 0 Å². The van der Waals surface area contributed by atoms with Crippen LogP contribution in [0.5, 0.6) is 0 Å². The second-order valence-corrected chi connectivity index (χ2v) is 4.42. The number of carbonyl (C=O) groups excluding carboxylic acids is 1. The number of nitrogens with zero attached hydrogens (tertiary/aromatic N) is 2. The Morgan fingerprint density at radius 3 is 2.69 bits per heavy atom. The summed E-state index contributed by atoms with van der Waals surface area (Å²) < 4.78 is 0. The van der Waals surface area contributed by atoms with Gasteiger partial charge < -0.3 is 4.90 Å². The molecule has 1 atom stereocenters. The van der Waals surface area contributed by atoms with Crippen LogP contribution in [0.25, 0.3) is 0 Å². The van der Waals surface area contributed by atoms with Crippen molar-refractivity contribution in [2.75, 3.05) is 13.1 Å². The van der Waals surface area contributed by atoms with Crippen LogP contribution in [0.2, 0.25) is 0 Å². The number of amides is 1. The van der Waals surface area contributed by atoms with Gasteiger partial charge in [-0.2, -0.15) is 5.26 Å². The molecule has 0 aromatic rings. The molecule has 1 aliphatic heterocycles. The van der Waals surface area contributed by atoms with E-state index in [0.29, 0.717) is 6.54 Å². The van der Waals surface area contributed by atoms with Gasteiger partial charge in [-0.05, 0) is 13.3 Å². The zero-order valence-electron chi connectivity index (χ0n) is 8.50. The van der Waals surface area contributed by atoms with Crippen LogP contribution in [0, 0.1) is 22.7 Å². The molecule has 1 aliphatic rings. The smallest absolute Gasteiger partial charge is 0.228 e. The van der Waals surface area contributed by atoms with Crippen molar-refractivity contribution in [1.82, 2.24) is 4.90 Å². The van der Waals surface area contributed by atoms with Gasteiger partial charge in [0.1, 0.15) is 0 Å². The predicted octanol–water partition coefficient (Wildman–Crippen LogP) is 1.40. The SMILES string of the molecule is CC(C#N)CN1CCC(C)(C)C1=O. The molecule has 0 radical (unpaired) electrons. The first-order chi connectivity index (χ1) is 5.97. The Labute approximate surface area is 79.3 Å². The highest BCUT2D eigenvalue weighted by Crippen LogP contribution is 2.30. The largest absolute Gasteiger partial charge is 0.341 e. The van der Waals surface area contributed by atoms with Crippen molar-refractivity contribution in [1.29, 1.82) is 5.26 Å². The normalized spacial score (nSPS) is 22.9. The van der Waals surface area contributed by atoms with E-state index in [1.807, 2.05) is 20.8 Å². The van der Waals surface area contributed by atoms with E-state index >= 15 is 0 Å². The summed E-state index contributed by atoms with van der Waals surface area (Å²) in [6.45, 7) is 7.16. The third-order valence-electron chi connectivity index (χ3n) is 2.59. The molecule has 0 bridgehead atoms. The van der Waals surface area contributed by atoms with E-state index < -0.39 is 0 Å². The monoisotopic (exact) mass is 180 g/mol. The molecule has 0 aromatic heterocycles. The zero-order chi connectivity index (χ0) is 10.1. The maximum Gasteiger partial charge on any atom is 0.228 e. The highest BCUT2D eigenvalue weighted by atomic mass is 16.2. The fourth-order valence-corrected chi connectivity index (χ4v) is 1.60. The first-order valence-corrected chi connectivity index (χ1v) is 4.66. The number of carbonyl (C=O) groups is 1. The highest BCUT2D eigenvalue weighted by molar-refractivity contribution is 5.84. The average molecular weight is 180 g/mol. The minimum absolute atomic E-state index is 0.0575. The molecular weight excluding hydrogens is 164 g/mol. The summed E-state index contributed by atoms with van der Waals surface area (Å²) in [6.07, 6.45) is 0.907. The Bertz CT molecular complexity index is 252. The van der Waals surface area contributed by atoms with Crippen molar-refractivity contribution < 1.29 is 4.79 Å². The zero-order valence-corrected chi connectivity index (χ0v) is 8.50. The van der Waals surface area contributed by atoms with E-state index in [0.717, 1.165) is 13.0 Å². The molecule has 0 N–H and O–H groups in total. The van der Waals surface area contributed by atoms with Crippen molar-refractivity contribution in [2.24, 2.45) is 11.3 Å². The molecule has 1 saturated heterocycles. The van der Waals surface area contributed by atoms with E-state index in [-0.39, 0.29) is 17.2 Å². The summed E-state index contributed by atoms with van der Waals surface area (Å²) in [5, 5.41) is 8.62. The van der Waals surface area contributed by atoms with E-state index in [9.17, 15) is 4.79 Å². The van der Waals surface area contributed by atoms with Crippen molar-refractivity contribution in [3.05, 3.63) is 0 Å². The lowest BCUT2D eigenvalue weighted by Gasteiger charge is -2.20. The maximum atomic E-state index is 11.7. The lowest BCUT2D eigenvalue weighted by molar-refractivity contribution is -0.134. The highest BCUT2D eigenvalue weighted by Gasteiger charge is 2.38. The van der Waals surface area contributed by atoms with Gasteiger partial charge in [0.15, 0.2) is 0 Å². The Hall–Kier alpha value is -1.04. The molecule has 1 amide bonds. The first kappa shape index (κ1) is 10.0. The Morgan fingerprint density at radius 2 is 2.31 bits per heavy atom. The van der Waals surface area contributed by atoms with Crippen LogP contribution in [-0.4, -0.2) is 23.9 Å². The van der Waals surface area contributed by atoms with Crippen molar-refractivity contribution in [3.8, 4) is 6.07 Å². The topological polar surface area (TPSA) is 44.1 Å². The Balaban J connectivity index is 2.57. The minimum Gasteiger partial charge on any atom is -0.341 e. The van der Waals surface area contributed by atoms with Gasteiger partial charge in [-0.1, -0.05) is 13.8 Å². The van der Waals surface area contributed by atoms with Gasteiger partial charge in [-0.25, -0.2) is 0 Å². The molecule has 13 heavy (non-hydrogen) atoms. The molecule has 0 aromatic carbocycles. The molecule has 1 unspecified atom stereocenters. The van der Waals surface area contributed by atoms with E-state index in [2.05, 4.69) is 6.07 Å². The van der Waals surface area contributed by atoms with Crippen LogP contribution >= 0.6 is 0 Å². The molecule has 1 heterocycles. The van der Waals surface area contributed by atoms with Crippen LogP contribution in [0.1, 0.15) is 27.2 Å². The number of rotatable bonds is 2. The van der Waals surface area contributed by atoms with Crippen molar-refractivity contribution in [3.63, 3.8) is 0 Å². The molecule has 1 fully saturated rings. The third kappa shape index (κ3) is 2.00. The standard InChI is InChI=1S/C10H16N2O/c1-8(6-11)7-12-5-4-10(2,3)9(12)13/h8H,4-5,7H2,1-3H3. The van der Waals surface area contributed by atoms with Gasteiger partial charge in [-0.3, -0.25) is 4.79 Å². The number of hydrogen-bond donors (Lipinski definition) is 0. The number of hydrogen-bond acceptors (Lipinski definition) is 2. The van der Waals surface area contributed by atoms with Crippen LogP contribution in [0.4, 0.5) is 0 Å². The second-order valence-electron chi connectivity index (χ2n) is 4.42. The quantitative estimate of drug-likeness (QED) is 0.644. The fraction of sp³-hybridized carbons (Fsp3) is 0.800. The van der Waals surface area contributed by atoms with E-state index in [1.54, 1.807) is 4.90 Å². The average Bonchev–Trinajstić information content (AvgIpc) is 2.32. The molecule has 3 nitrogen and oxygen atoms in total. The Morgan fingerprint density at radius 1 is 1.69 bits per heavy atom. The predicted molar refractivity (Wildman–Crippen MR) is 49.8 cm³/mol. The van der Waals surface area contributed by atoms with Crippen LogP contribution in [0.15, 0.2) is 0 Å². The first-order valence-electron chi connectivity index (χ1n) is 4.66. The summed E-state index contributed by atoms with van der Waals surface area (Å²) in [7, 11) is 0. The van der Waals surface area contributed by atoms with Crippen molar-refractivity contribution in [2.45, 2.75) is 27.2 Å². The fourth-order valence-electron chi connectivity index (χ4n) is 1.60. The second kappa shape index (κ2) is 3.37. The van der Waals surface area contributed by atoms with E-state index in [1.165, 1.54) is 0 Å². The molecule has 0 saturated carbocycles. The van der Waals surface area contributed by atoms with Gasteiger partial charge in [0, 0.05) is 18.5 Å². The third-order valence-corrected chi connectivity index (χ3v) is 2.59. The summed E-state index contributed by atoms with van der Waals surface area (Å²) in [5.74, 6) is 0.132. The lowest BCUT2D eigenvalue weighted by atomic mass is 9.92. The van der Waals surface area contributed by atoms with Crippen molar-refractivity contribution >= 4 is 5.91 Å². The van der Waals surface area contributed by atoms with Crippen LogP contribution in [-0.2, 0) is 4.79 Å². The summed E-state index contributed by atoms with van der Waals surface area (Å²) in [4.78, 5) is 13.5. The lowest BCUT2D eigenvalue weighted by Crippen LogP contribution is -2.33. The summed E-state index contributed by atoms with van der Waals surface area (Å²) >= 11 is 0. The number of likely N-dealkylation sites (tertiary alicyclic amines) is 1. The summed E-state index contributed by atoms with van der Waals surface area (Å²) in [5.41, 5.74) is -0.213. The van der Waals surface area contributed by atoms with Crippen LogP contribution < -0.4 is 0 Å².